The van der Waals surface area contributed by atoms with Crippen molar-refractivity contribution >= 4 is 44.8 Å². The Morgan fingerprint density at radius 2 is 2.06 bits per heavy atom. The first kappa shape index (κ1) is 24.6. The molecule has 0 saturated carbocycles. The number of benzene rings is 2. The lowest BCUT2D eigenvalue weighted by Gasteiger charge is -2.26. The van der Waals surface area contributed by atoms with Gasteiger partial charge in [0.25, 0.3) is 0 Å². The van der Waals surface area contributed by atoms with Crippen molar-refractivity contribution in [1.29, 1.82) is 0 Å². The van der Waals surface area contributed by atoms with Gasteiger partial charge in [-0.1, -0.05) is 35.9 Å². The van der Waals surface area contributed by atoms with Crippen molar-refractivity contribution in [3.8, 4) is 5.75 Å². The zero-order valence-electron chi connectivity index (χ0n) is 20.6. The van der Waals surface area contributed by atoms with Crippen molar-refractivity contribution in [1.82, 2.24) is 14.5 Å². The number of carbonyl (C=O) groups is 1. The van der Waals surface area contributed by atoms with Crippen LogP contribution in [0.3, 0.4) is 0 Å². The number of imidazole rings is 1. The van der Waals surface area contributed by atoms with Crippen LogP contribution in [-0.4, -0.2) is 40.6 Å². The zero-order valence-corrected chi connectivity index (χ0v) is 22.2. The minimum atomic E-state index is -0.317. The fourth-order valence-corrected chi connectivity index (χ4v) is 5.67. The van der Waals surface area contributed by atoms with Crippen LogP contribution in [0, 0.1) is 6.92 Å². The number of fused-ring (bicyclic) bond motifs is 1. The van der Waals surface area contributed by atoms with Gasteiger partial charge < -0.3 is 14.0 Å². The highest BCUT2D eigenvalue weighted by Gasteiger charge is 2.19. The van der Waals surface area contributed by atoms with Gasteiger partial charge in [0, 0.05) is 25.2 Å². The summed E-state index contributed by atoms with van der Waals surface area (Å²) in [6, 6.07) is 16.0. The van der Waals surface area contributed by atoms with E-state index in [1.165, 1.54) is 29.6 Å². The molecule has 0 aliphatic carbocycles. The molecule has 0 saturated heterocycles. The summed E-state index contributed by atoms with van der Waals surface area (Å²) in [5, 5.41) is 0.743. The number of esters is 1. The molecule has 3 heterocycles. The molecule has 36 heavy (non-hydrogen) atoms. The molecular weight excluding hydrogens is 494 g/mol. The monoisotopic (exact) mass is 521 g/mol. The number of carbonyl (C=O) groups excluding carboxylic acids is 1. The smallest absolute Gasteiger partial charge is 0.348 e. The Bertz CT molecular complexity index is 1460. The summed E-state index contributed by atoms with van der Waals surface area (Å²) in [6.45, 7) is 5.14. The predicted octanol–water partition coefficient (Wildman–Crippen LogP) is 6.25. The first-order valence-corrected chi connectivity index (χ1v) is 13.0. The van der Waals surface area contributed by atoms with Crippen molar-refractivity contribution in [2.45, 2.75) is 26.5 Å². The van der Waals surface area contributed by atoms with E-state index in [0.29, 0.717) is 11.5 Å². The fraction of sp³-hybridized carbons (Fsp3) is 0.286. The number of methoxy groups -OCH3 is 1. The number of rotatable bonds is 7. The molecular formula is C28H28ClN3O3S. The maximum atomic E-state index is 11.8. The Hall–Kier alpha value is -3.13. The Morgan fingerprint density at radius 3 is 2.78 bits per heavy atom. The van der Waals surface area contributed by atoms with Crippen LogP contribution >= 0.6 is 22.9 Å². The van der Waals surface area contributed by atoms with Gasteiger partial charge >= 0.3 is 5.97 Å². The lowest BCUT2D eigenvalue weighted by molar-refractivity contribution is 0.0606. The van der Waals surface area contributed by atoms with Gasteiger partial charge in [0.1, 0.15) is 33.4 Å². The van der Waals surface area contributed by atoms with Gasteiger partial charge in [-0.15, -0.1) is 11.3 Å². The van der Waals surface area contributed by atoms with Gasteiger partial charge in [0.15, 0.2) is 0 Å². The van der Waals surface area contributed by atoms with E-state index in [9.17, 15) is 4.79 Å². The van der Waals surface area contributed by atoms with Crippen LogP contribution in [0.5, 0.6) is 5.75 Å². The molecule has 8 heteroatoms. The van der Waals surface area contributed by atoms with E-state index in [1.807, 2.05) is 44.3 Å². The molecule has 1 aliphatic heterocycles. The molecule has 0 fully saturated rings. The molecule has 0 atom stereocenters. The summed E-state index contributed by atoms with van der Waals surface area (Å²) in [4.78, 5) is 20.5. The van der Waals surface area contributed by atoms with E-state index >= 15 is 0 Å². The summed E-state index contributed by atoms with van der Waals surface area (Å²) in [6.07, 6.45) is 3.26. The van der Waals surface area contributed by atoms with E-state index in [2.05, 4.69) is 33.7 Å². The number of hydrogen-bond donors (Lipinski definition) is 0. The normalized spacial score (nSPS) is 14.2. The summed E-state index contributed by atoms with van der Waals surface area (Å²) >= 11 is 7.49. The quantitative estimate of drug-likeness (QED) is 0.269. The number of thiophene rings is 1. The van der Waals surface area contributed by atoms with E-state index in [-0.39, 0.29) is 5.97 Å². The molecule has 6 nitrogen and oxygen atoms in total. The first-order valence-electron chi connectivity index (χ1n) is 11.8. The van der Waals surface area contributed by atoms with Crippen LogP contribution in [0.15, 0.2) is 54.6 Å². The van der Waals surface area contributed by atoms with E-state index in [0.717, 1.165) is 64.1 Å². The number of aromatic nitrogens is 2. The molecule has 0 amide bonds. The van der Waals surface area contributed by atoms with Crippen molar-refractivity contribution in [2.24, 2.45) is 7.05 Å². The number of nitrogens with zero attached hydrogens (tertiary/aromatic N) is 3. The van der Waals surface area contributed by atoms with Gasteiger partial charge in [0.05, 0.1) is 13.7 Å². The Kier molecular flexibility index (Phi) is 7.14. The third kappa shape index (κ3) is 5.19. The van der Waals surface area contributed by atoms with Crippen LogP contribution in [0.2, 0.25) is 5.02 Å². The Labute approximate surface area is 219 Å². The predicted molar refractivity (Wildman–Crippen MR) is 145 cm³/mol. The maximum Gasteiger partial charge on any atom is 0.348 e. The second-order valence-electron chi connectivity index (χ2n) is 8.98. The van der Waals surface area contributed by atoms with Crippen molar-refractivity contribution in [3.63, 3.8) is 0 Å². The maximum absolute atomic E-state index is 11.8. The minimum absolute atomic E-state index is 0.317. The van der Waals surface area contributed by atoms with Crippen molar-refractivity contribution < 1.29 is 14.3 Å². The summed E-state index contributed by atoms with van der Waals surface area (Å²) in [5.74, 6) is 1.55. The van der Waals surface area contributed by atoms with Gasteiger partial charge in [-0.2, -0.15) is 0 Å². The second kappa shape index (κ2) is 10.5. The van der Waals surface area contributed by atoms with E-state index in [4.69, 9.17) is 26.1 Å². The van der Waals surface area contributed by atoms with Crippen molar-refractivity contribution in [3.05, 3.63) is 87.0 Å². The molecule has 0 unspecified atom stereocenters. The molecule has 0 bridgehead atoms. The molecule has 2 aromatic heterocycles. The van der Waals surface area contributed by atoms with Crippen LogP contribution in [-0.2, 0) is 24.9 Å². The SMILES string of the molecule is COC(=O)c1cc2nc(CN3CC=C(c4cccc(OCc5ccc(Cl)cc5C)c4)CC3)n(C)c2s1. The lowest BCUT2D eigenvalue weighted by atomic mass is 9.99. The molecule has 0 radical (unpaired) electrons. The van der Waals surface area contributed by atoms with Crippen LogP contribution in [0.4, 0.5) is 0 Å². The molecule has 0 N–H and O–H groups in total. The van der Waals surface area contributed by atoms with Gasteiger partial charge in [-0.3, -0.25) is 4.90 Å². The van der Waals surface area contributed by atoms with Crippen LogP contribution < -0.4 is 4.74 Å². The lowest BCUT2D eigenvalue weighted by Crippen LogP contribution is -2.29. The highest BCUT2D eigenvalue weighted by Crippen LogP contribution is 2.29. The Morgan fingerprint density at radius 1 is 1.19 bits per heavy atom. The van der Waals surface area contributed by atoms with E-state index in [1.54, 1.807) is 0 Å². The molecule has 186 valence electrons. The van der Waals surface area contributed by atoms with Crippen LogP contribution in [0.1, 0.15) is 38.6 Å². The fourth-order valence-electron chi connectivity index (χ4n) is 4.45. The molecule has 1 aliphatic rings. The standard InChI is InChI=1S/C28H28ClN3O3S/c1-18-13-22(29)8-7-21(18)17-35-23-6-4-5-20(14-23)19-9-11-32(12-10-19)16-26-30-24-15-25(28(33)34-3)36-27(24)31(26)2/h4-9,13-15H,10-12,16-17H2,1-3H3. The van der Waals surface area contributed by atoms with E-state index < -0.39 is 0 Å². The minimum Gasteiger partial charge on any atom is -0.489 e. The number of ether oxygens (including phenoxy) is 2. The number of aryl methyl sites for hydroxylation is 2. The second-order valence-corrected chi connectivity index (χ2v) is 10.4. The van der Waals surface area contributed by atoms with Gasteiger partial charge in [-0.05, 0) is 65.9 Å². The third-order valence-corrected chi connectivity index (χ3v) is 8.00. The van der Waals surface area contributed by atoms with Gasteiger partial charge in [-0.25, -0.2) is 9.78 Å². The highest BCUT2D eigenvalue weighted by atomic mass is 35.5. The van der Waals surface area contributed by atoms with Crippen LogP contribution in [0.25, 0.3) is 15.9 Å². The first-order chi connectivity index (χ1) is 17.4. The third-order valence-electron chi connectivity index (χ3n) is 6.58. The molecule has 0 spiro atoms. The highest BCUT2D eigenvalue weighted by molar-refractivity contribution is 7.20. The average Bonchev–Trinajstić information content (AvgIpc) is 3.43. The molecule has 4 aromatic rings. The largest absolute Gasteiger partial charge is 0.489 e. The summed E-state index contributed by atoms with van der Waals surface area (Å²) < 4.78 is 13.0. The van der Waals surface area contributed by atoms with Gasteiger partial charge in [0.2, 0.25) is 0 Å². The van der Waals surface area contributed by atoms with Crippen molar-refractivity contribution in [2.75, 3.05) is 20.2 Å². The summed E-state index contributed by atoms with van der Waals surface area (Å²) in [7, 11) is 3.40. The number of halogens is 1. The average molecular weight is 522 g/mol. The Balaban J connectivity index is 1.22. The zero-order chi connectivity index (χ0) is 25.2. The topological polar surface area (TPSA) is 56.6 Å². The molecule has 5 rings (SSSR count). The number of hydrogen-bond acceptors (Lipinski definition) is 6. The molecule has 2 aromatic carbocycles. The summed E-state index contributed by atoms with van der Waals surface area (Å²) in [5.41, 5.74) is 5.64.